The summed E-state index contributed by atoms with van der Waals surface area (Å²) < 4.78 is 39.4. The summed E-state index contributed by atoms with van der Waals surface area (Å²) in [5.41, 5.74) is -1.35. The molecule has 274 valence electrons. The van der Waals surface area contributed by atoms with Gasteiger partial charge in [0.05, 0.1) is 18.4 Å². The van der Waals surface area contributed by atoms with Crippen LogP contribution in [0.3, 0.4) is 0 Å². The smallest absolute Gasteiger partial charge is 0.407 e. The second-order valence-electron chi connectivity index (χ2n) is 15.1. The normalized spacial score (nSPS) is 28.2. The molecule has 14 heteroatoms. The van der Waals surface area contributed by atoms with Crippen molar-refractivity contribution in [1.82, 2.24) is 25.2 Å². The van der Waals surface area contributed by atoms with Gasteiger partial charge in [0.15, 0.2) is 0 Å². The second-order valence-corrected chi connectivity index (χ2v) is 17.1. The molecule has 3 N–H and O–H groups in total. The van der Waals surface area contributed by atoms with Gasteiger partial charge in [0.2, 0.25) is 27.7 Å². The monoisotopic (exact) mass is 721 g/mol. The SMILES string of the molecule is C=CC1C[C@]1(NC(=O)[C@@H]1C[C@@H]2CN1C(=O)[C@H](C(C)(C)C)NC(=O)OCCCCC/C=C/c1ccc3ccnc(c3c1)O2)C(=O)NS(=O)(=O)C1CC1. The van der Waals surface area contributed by atoms with Crippen LogP contribution >= 0.6 is 0 Å². The number of nitrogens with one attached hydrogen (secondary N) is 3. The molecule has 4 amide bonds. The molecule has 51 heavy (non-hydrogen) atoms. The summed E-state index contributed by atoms with van der Waals surface area (Å²) in [6.07, 6.45) is 10.3. The zero-order valence-corrected chi connectivity index (χ0v) is 30.2. The lowest BCUT2D eigenvalue weighted by atomic mass is 9.85. The van der Waals surface area contributed by atoms with Crippen molar-refractivity contribution in [3.05, 3.63) is 54.8 Å². The van der Waals surface area contributed by atoms with Gasteiger partial charge >= 0.3 is 6.09 Å². The highest BCUT2D eigenvalue weighted by Gasteiger charge is 2.62. The number of ether oxygens (including phenoxy) is 2. The number of fused-ring (bicyclic) bond motifs is 3. The van der Waals surface area contributed by atoms with E-state index in [0.717, 1.165) is 35.6 Å². The number of allylic oxidation sites excluding steroid dienone is 1. The first kappa shape index (κ1) is 36.3. The van der Waals surface area contributed by atoms with E-state index in [0.29, 0.717) is 25.1 Å². The van der Waals surface area contributed by atoms with Crippen molar-refractivity contribution in [2.45, 2.75) is 101 Å². The van der Waals surface area contributed by atoms with E-state index in [9.17, 15) is 27.6 Å². The van der Waals surface area contributed by atoms with Gasteiger partial charge in [-0.2, -0.15) is 0 Å². The molecule has 4 bridgehead atoms. The van der Waals surface area contributed by atoms with E-state index in [1.165, 1.54) is 11.0 Å². The van der Waals surface area contributed by atoms with Crippen LogP contribution in [-0.4, -0.2) is 84.2 Å². The molecule has 6 rings (SSSR count). The standard InChI is InChI=1S/C37H47N5O8S/c1-5-25-21-37(25,34(45)41-51(47,48)27-14-15-27)40-31(43)29-20-26-22-42(29)33(44)30(36(2,3)4)39-35(46)49-18-10-8-6-7-9-11-23-12-13-24-16-17-38-32(50-26)28(24)19-23/h5,9,11-13,16-17,19,25-27,29-30H,1,6-8,10,14-15,18,20-22H2,2-4H3,(H,39,46)(H,40,43)(H,41,45)/b11-9+/t25?,26-,29+,30-,37-/m1/s1. The third kappa shape index (κ3) is 8.05. The molecule has 0 radical (unpaired) electrons. The number of nitrogens with zero attached hydrogens (tertiary/aromatic N) is 2. The Labute approximate surface area is 298 Å². The summed E-state index contributed by atoms with van der Waals surface area (Å²) in [5, 5.41) is 6.59. The number of cyclic esters (lactones) is 1. The fourth-order valence-electron chi connectivity index (χ4n) is 6.81. The van der Waals surface area contributed by atoms with E-state index in [4.69, 9.17) is 9.47 Å². The summed E-state index contributed by atoms with van der Waals surface area (Å²) in [6, 6.07) is 5.69. The Morgan fingerprint density at radius 2 is 1.92 bits per heavy atom. The highest BCUT2D eigenvalue weighted by Crippen LogP contribution is 2.45. The van der Waals surface area contributed by atoms with Crippen molar-refractivity contribution in [3.63, 3.8) is 0 Å². The zero-order chi connectivity index (χ0) is 36.6. The van der Waals surface area contributed by atoms with Gasteiger partial charge in [0.25, 0.3) is 5.91 Å². The van der Waals surface area contributed by atoms with Gasteiger partial charge < -0.3 is 25.0 Å². The number of rotatable bonds is 6. The number of amides is 4. The van der Waals surface area contributed by atoms with Gasteiger partial charge in [-0.1, -0.05) is 51.1 Å². The number of alkyl carbamates (subject to hydrolysis) is 1. The molecule has 3 fully saturated rings. The van der Waals surface area contributed by atoms with E-state index in [2.05, 4.69) is 33.0 Å². The number of carbonyl (C=O) groups is 4. The molecule has 4 aliphatic rings. The Hall–Kier alpha value is -4.46. The summed E-state index contributed by atoms with van der Waals surface area (Å²) in [6.45, 7) is 9.36. The van der Waals surface area contributed by atoms with Crippen molar-refractivity contribution in [1.29, 1.82) is 0 Å². The Morgan fingerprint density at radius 1 is 1.14 bits per heavy atom. The minimum Gasteiger partial charge on any atom is -0.472 e. The molecule has 2 aliphatic carbocycles. The third-order valence-electron chi connectivity index (χ3n) is 10.1. The fraction of sp³-hybridized carbons (Fsp3) is 0.541. The zero-order valence-electron chi connectivity index (χ0n) is 29.4. The summed E-state index contributed by atoms with van der Waals surface area (Å²) in [7, 11) is -3.89. The molecular weight excluding hydrogens is 675 g/mol. The van der Waals surface area contributed by atoms with Gasteiger partial charge in [0, 0.05) is 23.9 Å². The van der Waals surface area contributed by atoms with Crippen molar-refractivity contribution in [2.75, 3.05) is 13.2 Å². The number of hydrogen-bond acceptors (Lipinski definition) is 9. The first-order chi connectivity index (χ1) is 24.2. The van der Waals surface area contributed by atoms with Crippen molar-refractivity contribution >= 4 is 50.7 Å². The molecule has 1 aromatic carbocycles. The number of sulfonamides is 1. The van der Waals surface area contributed by atoms with E-state index in [1.54, 1.807) is 27.0 Å². The Morgan fingerprint density at radius 3 is 2.63 bits per heavy atom. The van der Waals surface area contributed by atoms with Gasteiger partial charge in [-0.15, -0.1) is 6.58 Å². The van der Waals surface area contributed by atoms with Crippen molar-refractivity contribution in [2.24, 2.45) is 11.3 Å². The quantitative estimate of drug-likeness (QED) is 0.373. The average molecular weight is 722 g/mol. The van der Waals surface area contributed by atoms with Gasteiger partial charge in [-0.25, -0.2) is 18.2 Å². The molecular formula is C37H47N5O8S. The minimum absolute atomic E-state index is 0.0158. The molecule has 2 saturated carbocycles. The molecule has 2 aromatic rings. The molecule has 0 spiro atoms. The molecule has 1 unspecified atom stereocenters. The topological polar surface area (TPSA) is 173 Å². The Kier molecular flexibility index (Phi) is 10.2. The highest BCUT2D eigenvalue weighted by molar-refractivity contribution is 7.91. The van der Waals surface area contributed by atoms with Crippen LogP contribution in [0.25, 0.3) is 16.8 Å². The van der Waals surface area contributed by atoms with Gasteiger partial charge in [-0.05, 0) is 73.4 Å². The van der Waals surface area contributed by atoms with E-state index >= 15 is 0 Å². The highest BCUT2D eigenvalue weighted by atomic mass is 32.2. The van der Waals surface area contributed by atoms with E-state index < -0.39 is 74.1 Å². The van der Waals surface area contributed by atoms with Gasteiger partial charge in [0.1, 0.15) is 23.7 Å². The van der Waals surface area contributed by atoms with Crippen LogP contribution in [0.2, 0.25) is 0 Å². The number of hydrogen-bond donors (Lipinski definition) is 3. The maximum Gasteiger partial charge on any atom is 0.407 e. The predicted octanol–water partition coefficient (Wildman–Crippen LogP) is 3.98. The lowest BCUT2D eigenvalue weighted by Gasteiger charge is -2.35. The minimum atomic E-state index is -3.89. The van der Waals surface area contributed by atoms with Crippen LogP contribution < -0.4 is 20.1 Å². The molecule has 3 heterocycles. The molecule has 13 nitrogen and oxygen atoms in total. The number of pyridine rings is 1. The summed E-state index contributed by atoms with van der Waals surface area (Å²) in [4.78, 5) is 61.0. The Balaban J connectivity index is 1.32. The molecule has 2 aliphatic heterocycles. The summed E-state index contributed by atoms with van der Waals surface area (Å²) >= 11 is 0. The maximum absolute atomic E-state index is 14.4. The fourth-order valence-corrected chi connectivity index (χ4v) is 8.17. The first-order valence-corrected chi connectivity index (χ1v) is 19.2. The first-order valence-electron chi connectivity index (χ1n) is 17.7. The summed E-state index contributed by atoms with van der Waals surface area (Å²) in [5.74, 6) is -2.16. The number of carbonyl (C=O) groups excluding carboxylic acids is 4. The maximum atomic E-state index is 14.4. The van der Waals surface area contributed by atoms with Crippen LogP contribution in [0.15, 0.2) is 49.2 Å². The average Bonchev–Trinajstić information content (AvgIpc) is 4.00. The van der Waals surface area contributed by atoms with Crippen molar-refractivity contribution < 1.29 is 37.1 Å². The molecule has 5 atom stereocenters. The third-order valence-corrected chi connectivity index (χ3v) is 11.9. The van der Waals surface area contributed by atoms with Crippen LogP contribution in [0.5, 0.6) is 5.88 Å². The Bertz CT molecular complexity index is 1850. The lowest BCUT2D eigenvalue weighted by Crippen LogP contribution is -2.60. The van der Waals surface area contributed by atoms with Gasteiger partial charge in [-0.3, -0.25) is 19.1 Å². The lowest BCUT2D eigenvalue weighted by molar-refractivity contribution is -0.142. The molecule has 1 aromatic heterocycles. The molecule has 1 saturated heterocycles. The van der Waals surface area contributed by atoms with Crippen molar-refractivity contribution in [3.8, 4) is 5.88 Å². The van der Waals surface area contributed by atoms with E-state index in [-0.39, 0.29) is 26.0 Å². The van der Waals surface area contributed by atoms with E-state index in [1.807, 2.05) is 30.3 Å². The van der Waals surface area contributed by atoms with Crippen LogP contribution in [-0.2, 0) is 29.1 Å². The predicted molar refractivity (Wildman–Crippen MR) is 191 cm³/mol. The van der Waals surface area contributed by atoms with Crippen LogP contribution in [0.1, 0.15) is 77.7 Å². The van der Waals surface area contributed by atoms with Crippen LogP contribution in [0, 0.1) is 11.3 Å². The second kappa shape index (κ2) is 14.3. The number of aromatic nitrogens is 1. The largest absolute Gasteiger partial charge is 0.472 e. The number of benzene rings is 1. The van der Waals surface area contributed by atoms with Crippen LogP contribution in [0.4, 0.5) is 4.79 Å².